The molecule has 0 aromatic carbocycles. The molecule has 3 aromatic heterocycles. The van der Waals surface area contributed by atoms with Crippen LogP contribution in [-0.4, -0.2) is 21.9 Å². The van der Waals surface area contributed by atoms with Crippen LogP contribution in [-0.2, 0) is 13.0 Å². The Labute approximate surface area is 154 Å². The van der Waals surface area contributed by atoms with Gasteiger partial charge >= 0.3 is 0 Å². The first-order chi connectivity index (χ1) is 12.0. The second-order valence-electron chi connectivity index (χ2n) is 6.84. The lowest BCUT2D eigenvalue weighted by molar-refractivity contribution is 0.270. The van der Waals surface area contributed by atoms with Gasteiger partial charge in [0.1, 0.15) is 11.2 Å². The molecule has 0 spiro atoms. The maximum absolute atomic E-state index is 13.9. The fraction of sp³-hybridized carbons (Fsp3) is 0.444. The summed E-state index contributed by atoms with van der Waals surface area (Å²) in [7, 11) is 0. The molecule has 0 bridgehead atoms. The summed E-state index contributed by atoms with van der Waals surface area (Å²) in [4.78, 5) is 2.46. The number of aromatic nitrogens is 2. The van der Waals surface area contributed by atoms with Crippen molar-refractivity contribution in [3.8, 4) is 0 Å². The van der Waals surface area contributed by atoms with Crippen LogP contribution >= 0.6 is 22.7 Å². The summed E-state index contributed by atoms with van der Waals surface area (Å²) in [6.07, 6.45) is 4.25. The summed E-state index contributed by atoms with van der Waals surface area (Å²) in [5.74, 6) is 0. The van der Waals surface area contributed by atoms with E-state index in [1.54, 1.807) is 28.9 Å². The highest BCUT2D eigenvalue weighted by Gasteiger charge is 2.44. The average Bonchev–Trinajstić information content (AvgIpc) is 2.99. The minimum atomic E-state index is -1.00. The summed E-state index contributed by atoms with van der Waals surface area (Å²) in [5.41, 5.74) is 8.23. The second-order valence-corrected chi connectivity index (χ2v) is 8.98. The third-order valence-corrected chi connectivity index (χ3v) is 6.92. The van der Waals surface area contributed by atoms with Crippen LogP contribution in [0.5, 0.6) is 0 Å². The lowest BCUT2D eigenvalue weighted by Crippen LogP contribution is -2.27. The Morgan fingerprint density at radius 1 is 1.44 bits per heavy atom. The summed E-state index contributed by atoms with van der Waals surface area (Å²) in [6.45, 7) is 2.83. The number of halogens is 1. The van der Waals surface area contributed by atoms with Gasteiger partial charge in [-0.2, -0.15) is 5.10 Å². The van der Waals surface area contributed by atoms with E-state index in [1.165, 1.54) is 9.75 Å². The Morgan fingerprint density at radius 2 is 2.28 bits per heavy atom. The van der Waals surface area contributed by atoms with Gasteiger partial charge in [0.15, 0.2) is 0 Å². The van der Waals surface area contributed by atoms with E-state index in [-0.39, 0.29) is 6.04 Å². The highest BCUT2D eigenvalue weighted by atomic mass is 32.1. The van der Waals surface area contributed by atoms with Gasteiger partial charge in [-0.1, -0.05) is 6.07 Å². The monoisotopic (exact) mass is 376 g/mol. The number of nitrogens with zero attached hydrogens (tertiary/aromatic N) is 2. The van der Waals surface area contributed by atoms with Crippen molar-refractivity contribution < 1.29 is 4.39 Å². The molecule has 0 unspecified atom stereocenters. The molecule has 0 amide bonds. The molecule has 1 saturated carbocycles. The number of nitrogens with two attached hydrogens (primary N) is 1. The number of alkyl halides is 1. The zero-order chi connectivity index (χ0) is 17.4. The van der Waals surface area contributed by atoms with E-state index in [4.69, 9.17) is 5.73 Å². The molecular formula is C18H21FN4S2. The van der Waals surface area contributed by atoms with Gasteiger partial charge in [-0.15, -0.1) is 27.8 Å². The van der Waals surface area contributed by atoms with Crippen LogP contribution in [0.25, 0.3) is 10.2 Å². The van der Waals surface area contributed by atoms with Crippen molar-refractivity contribution >= 4 is 38.6 Å². The van der Waals surface area contributed by atoms with Crippen molar-refractivity contribution in [3.05, 3.63) is 39.0 Å². The Balaban J connectivity index is 1.54. The van der Waals surface area contributed by atoms with E-state index < -0.39 is 5.67 Å². The molecule has 3 heterocycles. The number of thiophene rings is 2. The summed E-state index contributed by atoms with van der Waals surface area (Å²) in [5, 5.41) is 14.0. The summed E-state index contributed by atoms with van der Waals surface area (Å²) < 4.78 is 15.1. The van der Waals surface area contributed by atoms with Crippen LogP contribution in [0.1, 0.15) is 34.6 Å². The minimum Gasteiger partial charge on any atom is -0.378 e. The number of hydrogen-bond donors (Lipinski definition) is 2. The van der Waals surface area contributed by atoms with Crippen LogP contribution in [0.3, 0.4) is 0 Å². The number of aryl methyl sites for hydroxylation is 1. The third kappa shape index (κ3) is 3.68. The largest absolute Gasteiger partial charge is 0.378 e. The Morgan fingerprint density at radius 3 is 3.00 bits per heavy atom. The molecule has 0 aliphatic heterocycles. The van der Waals surface area contributed by atoms with Gasteiger partial charge in [0.05, 0.1) is 16.6 Å². The topological polar surface area (TPSA) is 63.8 Å². The molecule has 7 heteroatoms. The number of fused-ring (bicyclic) bond motifs is 1. The van der Waals surface area contributed by atoms with E-state index in [2.05, 4.69) is 33.9 Å². The fourth-order valence-corrected chi connectivity index (χ4v) is 5.06. The molecule has 0 radical (unpaired) electrons. The van der Waals surface area contributed by atoms with Gasteiger partial charge in [0.2, 0.25) is 0 Å². The predicted molar refractivity (Wildman–Crippen MR) is 103 cm³/mol. The zero-order valence-corrected chi connectivity index (χ0v) is 15.7. The normalized spacial score (nSPS) is 16.9. The van der Waals surface area contributed by atoms with Crippen LogP contribution in [0, 0.1) is 6.92 Å². The van der Waals surface area contributed by atoms with Crippen molar-refractivity contribution in [1.82, 2.24) is 10.2 Å². The lowest BCUT2D eigenvalue weighted by atomic mass is 10.0. The summed E-state index contributed by atoms with van der Waals surface area (Å²) in [6, 6.07) is 4.02. The first kappa shape index (κ1) is 16.9. The molecule has 3 aromatic rings. The van der Waals surface area contributed by atoms with E-state index in [1.807, 2.05) is 6.07 Å². The zero-order valence-electron chi connectivity index (χ0n) is 14.1. The van der Waals surface area contributed by atoms with Gasteiger partial charge in [0.25, 0.3) is 0 Å². The molecular weight excluding hydrogens is 355 g/mol. The molecule has 4 nitrogen and oxygen atoms in total. The van der Waals surface area contributed by atoms with Crippen LogP contribution < -0.4 is 11.1 Å². The van der Waals surface area contributed by atoms with Crippen LogP contribution in [0.2, 0.25) is 0 Å². The van der Waals surface area contributed by atoms with E-state index in [0.29, 0.717) is 25.7 Å². The summed E-state index contributed by atoms with van der Waals surface area (Å²) >= 11 is 3.43. The predicted octanol–water partition coefficient (Wildman–Crippen LogP) is 4.44. The first-order valence-electron chi connectivity index (χ1n) is 8.48. The highest BCUT2D eigenvalue weighted by molar-refractivity contribution is 7.19. The van der Waals surface area contributed by atoms with Gasteiger partial charge in [-0.25, -0.2) is 4.39 Å². The highest BCUT2D eigenvalue weighted by Crippen LogP contribution is 2.44. The number of hydrogen-bond acceptors (Lipinski definition) is 6. The molecule has 1 fully saturated rings. The van der Waals surface area contributed by atoms with Gasteiger partial charge in [-0.3, -0.25) is 0 Å². The van der Waals surface area contributed by atoms with E-state index >= 15 is 0 Å². The smallest absolute Gasteiger partial charge is 0.112 e. The maximum Gasteiger partial charge on any atom is 0.112 e. The van der Waals surface area contributed by atoms with Crippen molar-refractivity contribution in [2.45, 2.75) is 50.9 Å². The van der Waals surface area contributed by atoms with Crippen molar-refractivity contribution in [3.63, 3.8) is 0 Å². The molecule has 1 atom stereocenters. The quantitative estimate of drug-likeness (QED) is 0.640. The number of anilines is 1. The Bertz CT molecular complexity index is 871. The molecule has 132 valence electrons. The SMILES string of the molecule is Cc1c(C[C@@H](N)CC2(F)CC2)sc2c(NCc3cccs3)cnnc12. The van der Waals surface area contributed by atoms with E-state index in [0.717, 1.165) is 28.0 Å². The molecule has 4 rings (SSSR count). The molecule has 1 aliphatic carbocycles. The average molecular weight is 377 g/mol. The molecule has 1 aliphatic rings. The Hall–Kier alpha value is -1.57. The third-order valence-electron chi connectivity index (χ3n) is 4.70. The lowest BCUT2D eigenvalue weighted by Gasteiger charge is -2.13. The number of nitrogens with one attached hydrogen (secondary N) is 1. The second kappa shape index (κ2) is 6.63. The van der Waals surface area contributed by atoms with E-state index in [9.17, 15) is 4.39 Å². The maximum atomic E-state index is 13.9. The van der Waals surface area contributed by atoms with Gasteiger partial charge < -0.3 is 11.1 Å². The Kier molecular flexibility index (Phi) is 4.47. The van der Waals surface area contributed by atoms with Crippen LogP contribution in [0.4, 0.5) is 10.1 Å². The standard InChI is InChI=1S/C18H21FN4S2/c1-11-15(7-12(20)8-18(19)4-5-18)25-17-14(10-22-23-16(11)17)21-9-13-3-2-6-24-13/h2-3,6,10,12H,4-5,7-9,20H2,1H3,(H,21,23)/t12-/m1/s1. The van der Waals surface area contributed by atoms with Crippen molar-refractivity contribution in [1.29, 1.82) is 0 Å². The minimum absolute atomic E-state index is 0.144. The number of rotatable bonds is 7. The molecule has 0 saturated heterocycles. The fourth-order valence-electron chi connectivity index (χ4n) is 3.09. The van der Waals surface area contributed by atoms with Crippen molar-refractivity contribution in [2.24, 2.45) is 5.73 Å². The first-order valence-corrected chi connectivity index (χ1v) is 10.2. The van der Waals surface area contributed by atoms with Crippen molar-refractivity contribution in [2.75, 3.05) is 5.32 Å². The van der Waals surface area contributed by atoms with Gasteiger partial charge in [-0.05, 0) is 49.6 Å². The molecule has 3 N–H and O–H groups in total. The van der Waals surface area contributed by atoms with Gasteiger partial charge in [0, 0.05) is 22.3 Å². The van der Waals surface area contributed by atoms with Crippen LogP contribution in [0.15, 0.2) is 23.7 Å². The molecule has 25 heavy (non-hydrogen) atoms.